The Morgan fingerprint density at radius 3 is 1.86 bits per heavy atom. The molecule has 37 heavy (non-hydrogen) atoms. The second kappa shape index (κ2) is 16.1. The van der Waals surface area contributed by atoms with Crippen LogP contribution in [-0.4, -0.2) is 87.4 Å². The number of hydrogen-bond donors (Lipinski definition) is 9. The molecule has 0 aromatic heterocycles. The van der Waals surface area contributed by atoms with Gasteiger partial charge in [0.1, 0.15) is 23.9 Å². The van der Waals surface area contributed by atoms with Crippen LogP contribution < -0.4 is 27.4 Å². The molecule has 14 nitrogen and oxygen atoms in total. The molecule has 0 radical (unpaired) electrons. The molecule has 0 aliphatic carbocycles. The predicted molar refractivity (Wildman–Crippen MR) is 130 cm³/mol. The third kappa shape index (κ3) is 11.7. The van der Waals surface area contributed by atoms with Gasteiger partial charge in [0.25, 0.3) is 0 Å². The molecule has 4 atom stereocenters. The maximum absolute atomic E-state index is 13.0. The molecule has 0 aliphatic heterocycles. The average Bonchev–Trinajstić information content (AvgIpc) is 2.85. The van der Waals surface area contributed by atoms with Crippen LogP contribution in [-0.2, 0) is 30.4 Å². The minimum Gasteiger partial charge on any atom is -0.508 e. The summed E-state index contributed by atoms with van der Waals surface area (Å²) in [6, 6.07) is 0.692. The Morgan fingerprint density at radius 1 is 0.811 bits per heavy atom. The van der Waals surface area contributed by atoms with Gasteiger partial charge in [0.15, 0.2) is 0 Å². The number of unbranched alkanes of at least 4 members (excludes halogenated alkanes) is 1. The normalized spacial score (nSPS) is 14.0. The van der Waals surface area contributed by atoms with Gasteiger partial charge < -0.3 is 47.8 Å². The van der Waals surface area contributed by atoms with Crippen molar-refractivity contribution in [2.24, 2.45) is 11.5 Å². The highest BCUT2D eigenvalue weighted by Gasteiger charge is 2.30. The Morgan fingerprint density at radius 2 is 1.35 bits per heavy atom. The van der Waals surface area contributed by atoms with Crippen LogP contribution in [0, 0.1) is 0 Å². The lowest BCUT2D eigenvalue weighted by atomic mass is 10.0. The quantitative estimate of drug-likeness (QED) is 0.0985. The van der Waals surface area contributed by atoms with Crippen LogP contribution in [0.3, 0.4) is 0 Å². The molecule has 1 rings (SSSR count). The van der Waals surface area contributed by atoms with Crippen molar-refractivity contribution in [1.29, 1.82) is 0 Å². The van der Waals surface area contributed by atoms with E-state index in [1.54, 1.807) is 12.1 Å². The molecule has 0 spiro atoms. The van der Waals surface area contributed by atoms with Gasteiger partial charge in [0.05, 0.1) is 12.6 Å². The van der Waals surface area contributed by atoms with Crippen LogP contribution in [0.15, 0.2) is 24.3 Å². The van der Waals surface area contributed by atoms with Crippen molar-refractivity contribution in [2.75, 3.05) is 13.2 Å². The Balaban J connectivity index is 2.97. The Bertz CT molecular complexity index is 926. The third-order valence-corrected chi connectivity index (χ3v) is 5.39. The van der Waals surface area contributed by atoms with Gasteiger partial charge in [-0.1, -0.05) is 12.1 Å². The van der Waals surface area contributed by atoms with Crippen LogP contribution in [0.4, 0.5) is 0 Å². The largest absolute Gasteiger partial charge is 0.508 e. The summed E-state index contributed by atoms with van der Waals surface area (Å²) in [7, 11) is 0. The first-order valence-electron chi connectivity index (χ1n) is 11.7. The number of aliphatic hydroxyl groups is 1. The summed E-state index contributed by atoms with van der Waals surface area (Å²) in [5, 5.41) is 43.6. The standard InChI is InChI=1S/C23H35N5O9/c24-10-2-1-3-16(21(34)28-18(12-29)23(36)37)27-22(35)17(8-9-19(31)32)26-20(33)15(25)11-13-4-6-14(30)7-5-13/h4-7,15-18,29-30H,1-3,8-12,24-25H2,(H,26,33)(H,27,35)(H,28,34)(H,31,32)(H,36,37). The molecule has 11 N–H and O–H groups in total. The average molecular weight is 526 g/mol. The van der Waals surface area contributed by atoms with Gasteiger partial charge in [-0.3, -0.25) is 19.2 Å². The van der Waals surface area contributed by atoms with Gasteiger partial charge in [0.2, 0.25) is 17.7 Å². The van der Waals surface area contributed by atoms with Crippen LogP contribution in [0.1, 0.15) is 37.7 Å². The number of nitrogens with one attached hydrogen (secondary N) is 3. The maximum atomic E-state index is 13.0. The summed E-state index contributed by atoms with van der Waals surface area (Å²) in [6.07, 6.45) is 0.280. The van der Waals surface area contributed by atoms with Crippen LogP contribution in [0.25, 0.3) is 0 Å². The number of amides is 3. The molecular weight excluding hydrogens is 490 g/mol. The van der Waals surface area contributed by atoms with Crippen molar-refractivity contribution >= 4 is 29.7 Å². The summed E-state index contributed by atoms with van der Waals surface area (Å²) < 4.78 is 0. The van der Waals surface area contributed by atoms with Gasteiger partial charge in [-0.25, -0.2) is 4.79 Å². The number of carboxylic acid groups (broad SMARTS) is 2. The zero-order chi connectivity index (χ0) is 28.0. The van der Waals surface area contributed by atoms with E-state index in [-0.39, 0.29) is 25.0 Å². The highest BCUT2D eigenvalue weighted by Crippen LogP contribution is 2.11. The van der Waals surface area contributed by atoms with Gasteiger partial charge >= 0.3 is 11.9 Å². The van der Waals surface area contributed by atoms with Crippen molar-refractivity contribution in [3.05, 3.63) is 29.8 Å². The van der Waals surface area contributed by atoms with Gasteiger partial charge in [-0.2, -0.15) is 0 Å². The molecule has 0 aliphatic rings. The molecule has 4 unspecified atom stereocenters. The van der Waals surface area contributed by atoms with Crippen molar-refractivity contribution < 1.29 is 44.4 Å². The zero-order valence-corrected chi connectivity index (χ0v) is 20.3. The van der Waals surface area contributed by atoms with Crippen LogP contribution >= 0.6 is 0 Å². The zero-order valence-electron chi connectivity index (χ0n) is 20.3. The van der Waals surface area contributed by atoms with Gasteiger partial charge in [-0.15, -0.1) is 0 Å². The number of phenols is 1. The lowest BCUT2D eigenvalue weighted by Gasteiger charge is -2.25. The Kier molecular flexibility index (Phi) is 13.6. The fourth-order valence-electron chi connectivity index (χ4n) is 3.29. The van der Waals surface area contributed by atoms with E-state index in [1.165, 1.54) is 12.1 Å². The molecule has 1 aromatic rings. The van der Waals surface area contributed by atoms with Gasteiger partial charge in [0, 0.05) is 6.42 Å². The predicted octanol–water partition coefficient (Wildman–Crippen LogP) is -2.21. The van der Waals surface area contributed by atoms with Gasteiger partial charge in [-0.05, 0) is 56.3 Å². The molecule has 1 aromatic carbocycles. The highest BCUT2D eigenvalue weighted by molar-refractivity contribution is 5.94. The fraction of sp³-hybridized carbons (Fsp3) is 0.522. The number of benzene rings is 1. The lowest BCUT2D eigenvalue weighted by molar-refractivity contribution is -0.143. The first-order valence-corrected chi connectivity index (χ1v) is 11.7. The summed E-state index contributed by atoms with van der Waals surface area (Å²) in [4.78, 5) is 60.5. The number of aliphatic hydroxyl groups excluding tert-OH is 1. The molecule has 0 saturated heterocycles. The SMILES string of the molecule is NCCCCC(NC(=O)C(CCC(=O)O)NC(=O)C(N)Cc1ccc(O)cc1)C(=O)NC(CO)C(=O)O. The second-order valence-electron chi connectivity index (χ2n) is 8.40. The van der Waals surface area contributed by atoms with Crippen LogP contribution in [0.5, 0.6) is 5.75 Å². The minimum absolute atomic E-state index is 0.0332. The van der Waals surface area contributed by atoms with Crippen molar-refractivity contribution in [3.8, 4) is 5.75 Å². The summed E-state index contributed by atoms with van der Waals surface area (Å²) in [5.41, 5.74) is 12.1. The van der Waals surface area contributed by atoms with Crippen molar-refractivity contribution in [3.63, 3.8) is 0 Å². The number of phenolic OH excluding ortho intramolecular Hbond substituents is 1. The molecule has 0 heterocycles. The van der Waals surface area contributed by atoms with E-state index in [4.69, 9.17) is 21.7 Å². The summed E-state index contributed by atoms with van der Waals surface area (Å²) in [6.45, 7) is -0.562. The number of aliphatic carboxylic acids is 2. The Hall–Kier alpha value is -3.75. The Labute approximate surface area is 213 Å². The van der Waals surface area contributed by atoms with E-state index in [9.17, 15) is 34.2 Å². The minimum atomic E-state index is -1.60. The monoisotopic (exact) mass is 525 g/mol. The number of carbonyl (C=O) groups is 5. The third-order valence-electron chi connectivity index (χ3n) is 5.39. The highest BCUT2D eigenvalue weighted by atomic mass is 16.4. The number of rotatable bonds is 17. The summed E-state index contributed by atoms with van der Waals surface area (Å²) in [5.74, 6) is -5.14. The first-order chi connectivity index (χ1) is 17.5. The number of hydrogen-bond acceptors (Lipinski definition) is 9. The number of carbonyl (C=O) groups excluding carboxylic acids is 3. The molecule has 14 heteroatoms. The molecule has 206 valence electrons. The molecule has 3 amide bonds. The van der Waals surface area contributed by atoms with E-state index in [2.05, 4.69) is 16.0 Å². The van der Waals surface area contributed by atoms with Crippen molar-refractivity contribution in [2.45, 2.75) is 62.7 Å². The van der Waals surface area contributed by atoms with Crippen molar-refractivity contribution in [1.82, 2.24) is 16.0 Å². The summed E-state index contributed by atoms with van der Waals surface area (Å²) >= 11 is 0. The van der Waals surface area contributed by atoms with E-state index >= 15 is 0 Å². The second-order valence-corrected chi connectivity index (χ2v) is 8.40. The molecule has 0 fully saturated rings. The lowest BCUT2D eigenvalue weighted by Crippen LogP contribution is -2.57. The molecular formula is C23H35N5O9. The maximum Gasteiger partial charge on any atom is 0.328 e. The molecule has 0 saturated carbocycles. The topological polar surface area (TPSA) is 254 Å². The number of aromatic hydroxyl groups is 1. The number of nitrogens with two attached hydrogens (primary N) is 2. The smallest absolute Gasteiger partial charge is 0.328 e. The van der Waals surface area contributed by atoms with Crippen LogP contribution in [0.2, 0.25) is 0 Å². The number of carboxylic acids is 2. The van der Waals surface area contributed by atoms with E-state index in [0.29, 0.717) is 24.9 Å². The fourth-order valence-corrected chi connectivity index (χ4v) is 3.29. The molecule has 0 bridgehead atoms. The first kappa shape index (κ1) is 31.3. The van der Waals surface area contributed by atoms with E-state index in [0.717, 1.165) is 0 Å². The van der Waals surface area contributed by atoms with E-state index in [1.807, 2.05) is 0 Å². The van der Waals surface area contributed by atoms with E-state index < -0.39 is 66.9 Å².